The van der Waals surface area contributed by atoms with Crippen LogP contribution in [-0.4, -0.2) is 45.5 Å². The van der Waals surface area contributed by atoms with Gasteiger partial charge in [-0.25, -0.2) is 0 Å². The molecule has 0 N–H and O–H groups in total. The van der Waals surface area contributed by atoms with E-state index in [1.54, 1.807) is 13.2 Å². The summed E-state index contributed by atoms with van der Waals surface area (Å²) in [6.07, 6.45) is 1.69. The molecular formula is C10H21NO2S. The van der Waals surface area contributed by atoms with Crippen LogP contribution in [0.5, 0.6) is 0 Å². The minimum atomic E-state index is -0.789. The average Bonchev–Trinajstić information content (AvgIpc) is 1.94. The highest BCUT2D eigenvalue weighted by Gasteiger charge is 2.21. The van der Waals surface area contributed by atoms with E-state index in [2.05, 4.69) is 25.7 Å². The topological polar surface area (TPSA) is 37.4 Å². The molecule has 0 aliphatic heterocycles. The molecule has 84 valence electrons. The first-order valence-electron chi connectivity index (χ1n) is 4.78. The van der Waals surface area contributed by atoms with Crippen LogP contribution in [-0.2, 0) is 15.6 Å². The van der Waals surface area contributed by atoms with E-state index >= 15 is 0 Å². The largest absolute Gasteiger partial charge is 0.299 e. The minimum absolute atomic E-state index is 0.0367. The van der Waals surface area contributed by atoms with Gasteiger partial charge in [0, 0.05) is 34.9 Å². The average molecular weight is 219 g/mol. The summed E-state index contributed by atoms with van der Waals surface area (Å²) in [7, 11) is -0.789. The lowest BCUT2D eigenvalue weighted by molar-refractivity contribution is -0.119. The molecule has 0 heterocycles. The Morgan fingerprint density at radius 3 is 2.14 bits per heavy atom. The van der Waals surface area contributed by atoms with Gasteiger partial charge in [0.05, 0.1) is 6.54 Å². The zero-order valence-corrected chi connectivity index (χ0v) is 10.6. The van der Waals surface area contributed by atoms with Crippen LogP contribution in [0.1, 0.15) is 27.7 Å². The number of carbonyl (C=O) groups excluding carboxylic acids is 1. The van der Waals surface area contributed by atoms with Crippen LogP contribution in [0.2, 0.25) is 0 Å². The molecule has 0 aliphatic rings. The van der Waals surface area contributed by atoms with Crippen molar-refractivity contribution in [1.29, 1.82) is 0 Å². The lowest BCUT2D eigenvalue weighted by atomic mass is 10.1. The Labute approximate surface area is 89.3 Å². The summed E-state index contributed by atoms with van der Waals surface area (Å²) in [6, 6.07) is 0. The van der Waals surface area contributed by atoms with Crippen LogP contribution < -0.4 is 0 Å². The predicted octanol–water partition coefficient (Wildman–Crippen LogP) is 1.05. The van der Waals surface area contributed by atoms with Gasteiger partial charge in [-0.2, -0.15) is 0 Å². The Kier molecular flexibility index (Phi) is 5.52. The summed E-state index contributed by atoms with van der Waals surface area (Å²) in [5.41, 5.74) is -0.0367. The Morgan fingerprint density at radius 2 is 1.86 bits per heavy atom. The second kappa shape index (κ2) is 5.61. The molecule has 14 heavy (non-hydrogen) atoms. The normalized spacial score (nSPS) is 14.4. The summed E-state index contributed by atoms with van der Waals surface area (Å²) >= 11 is 0. The smallest absolute Gasteiger partial charge is 0.143 e. The number of ketones is 1. The Morgan fingerprint density at radius 1 is 1.36 bits per heavy atom. The standard InChI is InChI=1S/C10H21NO2S/c1-9(12)8-11(10(2,3)4)6-7-14(5)13/h6-8H2,1-5H3. The van der Waals surface area contributed by atoms with Gasteiger partial charge >= 0.3 is 0 Å². The van der Waals surface area contributed by atoms with Crippen LogP contribution >= 0.6 is 0 Å². The Balaban J connectivity index is 4.26. The first kappa shape index (κ1) is 13.8. The van der Waals surface area contributed by atoms with Crippen LogP contribution in [0.4, 0.5) is 0 Å². The number of carbonyl (C=O) groups is 1. The predicted molar refractivity (Wildman–Crippen MR) is 60.9 cm³/mol. The van der Waals surface area contributed by atoms with Gasteiger partial charge in [-0.3, -0.25) is 13.9 Å². The Bertz CT molecular complexity index is 221. The van der Waals surface area contributed by atoms with Crippen molar-refractivity contribution in [1.82, 2.24) is 4.90 Å². The van der Waals surface area contributed by atoms with E-state index in [0.717, 1.165) is 0 Å². The maximum absolute atomic E-state index is 11.0. The highest BCUT2D eigenvalue weighted by molar-refractivity contribution is 7.84. The van der Waals surface area contributed by atoms with Crippen molar-refractivity contribution in [3.8, 4) is 0 Å². The summed E-state index contributed by atoms with van der Waals surface area (Å²) in [4.78, 5) is 13.1. The number of hydrogen-bond acceptors (Lipinski definition) is 3. The van der Waals surface area contributed by atoms with Crippen molar-refractivity contribution < 1.29 is 9.00 Å². The van der Waals surface area contributed by atoms with E-state index in [9.17, 15) is 9.00 Å². The summed E-state index contributed by atoms with van der Waals surface area (Å²) in [5.74, 6) is 0.784. The molecule has 0 saturated carbocycles. The van der Waals surface area contributed by atoms with E-state index in [4.69, 9.17) is 0 Å². The fraction of sp³-hybridized carbons (Fsp3) is 0.900. The van der Waals surface area contributed by atoms with Gasteiger partial charge in [0.25, 0.3) is 0 Å². The molecule has 3 nitrogen and oxygen atoms in total. The first-order valence-corrected chi connectivity index (χ1v) is 6.50. The molecule has 1 unspecified atom stereocenters. The lowest BCUT2D eigenvalue weighted by Gasteiger charge is -2.34. The second-order valence-electron chi connectivity index (χ2n) is 4.57. The van der Waals surface area contributed by atoms with Gasteiger partial charge in [0.1, 0.15) is 5.78 Å². The monoisotopic (exact) mass is 219 g/mol. The van der Waals surface area contributed by atoms with Crippen LogP contribution in [0.3, 0.4) is 0 Å². The van der Waals surface area contributed by atoms with Crippen LogP contribution in [0, 0.1) is 0 Å². The fourth-order valence-corrected chi connectivity index (χ4v) is 1.64. The van der Waals surface area contributed by atoms with Crippen molar-refractivity contribution in [3.63, 3.8) is 0 Å². The lowest BCUT2D eigenvalue weighted by Crippen LogP contribution is -2.45. The van der Waals surface area contributed by atoms with Gasteiger partial charge in [-0.1, -0.05) is 0 Å². The molecule has 0 amide bonds. The maximum Gasteiger partial charge on any atom is 0.143 e. The molecular weight excluding hydrogens is 198 g/mol. The summed E-state index contributed by atoms with van der Waals surface area (Å²) in [6.45, 7) is 8.94. The molecule has 0 aromatic rings. The van der Waals surface area contributed by atoms with Crippen molar-refractivity contribution in [2.45, 2.75) is 33.2 Å². The summed E-state index contributed by atoms with van der Waals surface area (Å²) < 4.78 is 11.0. The molecule has 0 saturated heterocycles. The zero-order chi connectivity index (χ0) is 11.4. The second-order valence-corrected chi connectivity index (χ2v) is 6.13. The van der Waals surface area contributed by atoms with Gasteiger partial charge < -0.3 is 0 Å². The molecule has 0 fully saturated rings. The summed E-state index contributed by atoms with van der Waals surface area (Å²) in [5, 5.41) is 0. The highest BCUT2D eigenvalue weighted by atomic mass is 32.2. The molecule has 1 atom stereocenters. The van der Waals surface area contributed by atoms with Crippen LogP contribution in [0.15, 0.2) is 0 Å². The maximum atomic E-state index is 11.0. The van der Waals surface area contributed by atoms with E-state index in [-0.39, 0.29) is 11.3 Å². The molecule has 0 aliphatic carbocycles. The van der Waals surface area contributed by atoms with Gasteiger partial charge in [-0.15, -0.1) is 0 Å². The minimum Gasteiger partial charge on any atom is -0.299 e. The van der Waals surface area contributed by atoms with Crippen LogP contribution in [0.25, 0.3) is 0 Å². The van der Waals surface area contributed by atoms with E-state index in [1.807, 2.05) is 0 Å². The third-order valence-electron chi connectivity index (χ3n) is 2.01. The van der Waals surface area contributed by atoms with E-state index in [0.29, 0.717) is 18.8 Å². The zero-order valence-electron chi connectivity index (χ0n) is 9.79. The highest BCUT2D eigenvalue weighted by Crippen LogP contribution is 2.12. The van der Waals surface area contributed by atoms with Crippen molar-refractivity contribution >= 4 is 16.6 Å². The van der Waals surface area contributed by atoms with Gasteiger partial charge in [0.15, 0.2) is 0 Å². The van der Waals surface area contributed by atoms with Gasteiger partial charge in [-0.05, 0) is 27.7 Å². The number of Topliss-reactive ketones (excluding diaryl/α,β-unsaturated/α-hetero) is 1. The number of hydrogen-bond donors (Lipinski definition) is 0. The van der Waals surface area contributed by atoms with Crippen molar-refractivity contribution in [2.24, 2.45) is 0 Å². The van der Waals surface area contributed by atoms with Crippen molar-refractivity contribution in [3.05, 3.63) is 0 Å². The fourth-order valence-electron chi connectivity index (χ4n) is 1.16. The van der Waals surface area contributed by atoms with Crippen molar-refractivity contribution in [2.75, 3.05) is 25.1 Å². The molecule has 0 radical (unpaired) electrons. The molecule has 4 heteroatoms. The van der Waals surface area contributed by atoms with Gasteiger partial charge in [0.2, 0.25) is 0 Å². The molecule has 0 aromatic heterocycles. The molecule has 0 spiro atoms. The third-order valence-corrected chi connectivity index (χ3v) is 2.77. The SMILES string of the molecule is CC(=O)CN(CCS(C)=O)C(C)(C)C. The van der Waals surface area contributed by atoms with E-state index < -0.39 is 10.8 Å². The van der Waals surface area contributed by atoms with E-state index in [1.165, 1.54) is 0 Å². The number of rotatable bonds is 5. The number of nitrogens with zero attached hydrogens (tertiary/aromatic N) is 1. The molecule has 0 bridgehead atoms. The third kappa shape index (κ3) is 6.27. The molecule has 0 aromatic carbocycles. The molecule has 0 rings (SSSR count). The quantitative estimate of drug-likeness (QED) is 0.694. The first-order chi connectivity index (χ1) is 6.23. The Hall–Kier alpha value is -0.220.